The van der Waals surface area contributed by atoms with Crippen molar-refractivity contribution in [1.82, 2.24) is 0 Å². The van der Waals surface area contributed by atoms with E-state index in [2.05, 4.69) is 0 Å². The van der Waals surface area contributed by atoms with Crippen LogP contribution in [0.3, 0.4) is 0 Å². The summed E-state index contributed by atoms with van der Waals surface area (Å²) in [5, 5.41) is 8.74. The molecule has 0 spiro atoms. The standard InChI is InChI=1S/C14H19NO2/c1-9(8-15)17-13(16)14-5-10-2-11(6-14)4-12(3-10)7-14/h9-12H,2-7H2,1H3. The first-order chi connectivity index (χ1) is 8.11. The first-order valence-corrected chi connectivity index (χ1v) is 6.72. The van der Waals surface area contributed by atoms with Crippen LogP contribution in [0.5, 0.6) is 0 Å². The Morgan fingerprint density at radius 1 is 1.24 bits per heavy atom. The molecule has 92 valence electrons. The number of nitrogens with zero attached hydrogens (tertiary/aromatic N) is 1. The molecule has 4 saturated carbocycles. The van der Waals surface area contributed by atoms with E-state index in [0.29, 0.717) is 0 Å². The zero-order valence-corrected chi connectivity index (χ0v) is 10.3. The number of nitriles is 1. The van der Waals surface area contributed by atoms with E-state index in [1.807, 2.05) is 6.07 Å². The van der Waals surface area contributed by atoms with E-state index < -0.39 is 6.10 Å². The van der Waals surface area contributed by atoms with Crippen molar-refractivity contribution in [1.29, 1.82) is 5.26 Å². The van der Waals surface area contributed by atoms with Crippen LogP contribution in [0.15, 0.2) is 0 Å². The topological polar surface area (TPSA) is 50.1 Å². The Bertz CT molecular complexity index is 347. The summed E-state index contributed by atoms with van der Waals surface area (Å²) in [5.41, 5.74) is -0.222. The van der Waals surface area contributed by atoms with Gasteiger partial charge in [0.25, 0.3) is 0 Å². The van der Waals surface area contributed by atoms with Crippen molar-refractivity contribution >= 4 is 5.97 Å². The molecule has 0 aliphatic heterocycles. The molecule has 0 N–H and O–H groups in total. The van der Waals surface area contributed by atoms with E-state index in [9.17, 15) is 4.79 Å². The lowest BCUT2D eigenvalue weighted by molar-refractivity contribution is -0.173. The maximum atomic E-state index is 12.3. The highest BCUT2D eigenvalue weighted by atomic mass is 16.5. The van der Waals surface area contributed by atoms with Crippen molar-refractivity contribution in [2.45, 2.75) is 51.6 Å². The van der Waals surface area contributed by atoms with Gasteiger partial charge in [-0.25, -0.2) is 0 Å². The Kier molecular flexibility index (Phi) is 2.43. The average molecular weight is 233 g/mol. The zero-order chi connectivity index (χ0) is 12.0. The van der Waals surface area contributed by atoms with Gasteiger partial charge in [-0.3, -0.25) is 4.79 Å². The van der Waals surface area contributed by atoms with Crippen LogP contribution < -0.4 is 0 Å². The third kappa shape index (κ3) is 1.74. The van der Waals surface area contributed by atoms with E-state index in [1.165, 1.54) is 19.3 Å². The molecular formula is C14H19NO2. The van der Waals surface area contributed by atoms with E-state index in [-0.39, 0.29) is 11.4 Å². The van der Waals surface area contributed by atoms with Gasteiger partial charge in [0.15, 0.2) is 6.10 Å². The van der Waals surface area contributed by atoms with Gasteiger partial charge in [0.1, 0.15) is 6.07 Å². The largest absolute Gasteiger partial charge is 0.447 e. The summed E-state index contributed by atoms with van der Waals surface area (Å²) in [6.07, 6.45) is 6.39. The number of hydrogen-bond donors (Lipinski definition) is 0. The van der Waals surface area contributed by atoms with Crippen LogP contribution in [-0.2, 0) is 9.53 Å². The molecule has 0 heterocycles. The zero-order valence-electron chi connectivity index (χ0n) is 10.3. The molecule has 4 rings (SSSR count). The highest BCUT2D eigenvalue weighted by molar-refractivity contribution is 5.77. The van der Waals surface area contributed by atoms with Gasteiger partial charge in [0.2, 0.25) is 0 Å². The second-order valence-corrected chi connectivity index (χ2v) is 6.37. The molecule has 1 atom stereocenters. The molecule has 3 heteroatoms. The summed E-state index contributed by atoms with van der Waals surface area (Å²) in [7, 11) is 0. The summed E-state index contributed by atoms with van der Waals surface area (Å²) >= 11 is 0. The second kappa shape index (κ2) is 3.73. The van der Waals surface area contributed by atoms with E-state index in [1.54, 1.807) is 6.92 Å². The third-order valence-corrected chi connectivity index (χ3v) is 4.94. The van der Waals surface area contributed by atoms with Crippen LogP contribution in [0.4, 0.5) is 0 Å². The Morgan fingerprint density at radius 2 is 1.71 bits per heavy atom. The molecule has 4 aliphatic carbocycles. The van der Waals surface area contributed by atoms with Crippen LogP contribution in [-0.4, -0.2) is 12.1 Å². The van der Waals surface area contributed by atoms with Crippen molar-refractivity contribution in [3.63, 3.8) is 0 Å². The average Bonchev–Trinajstić information content (AvgIpc) is 2.26. The van der Waals surface area contributed by atoms with Gasteiger partial charge in [0, 0.05) is 0 Å². The molecule has 4 aliphatic rings. The highest BCUT2D eigenvalue weighted by Crippen LogP contribution is 2.60. The van der Waals surface area contributed by atoms with Gasteiger partial charge >= 0.3 is 5.97 Å². The molecule has 0 saturated heterocycles. The van der Waals surface area contributed by atoms with Crippen molar-refractivity contribution in [2.75, 3.05) is 0 Å². The third-order valence-electron chi connectivity index (χ3n) is 4.94. The minimum Gasteiger partial charge on any atom is -0.447 e. The highest BCUT2D eigenvalue weighted by Gasteiger charge is 2.55. The summed E-state index contributed by atoms with van der Waals surface area (Å²) < 4.78 is 5.28. The predicted octanol–water partition coefficient (Wildman–Crippen LogP) is 2.66. The summed E-state index contributed by atoms with van der Waals surface area (Å²) in [4.78, 5) is 12.3. The SMILES string of the molecule is CC(C#N)OC(=O)C12CC3CC(CC(C3)C1)C2. The van der Waals surface area contributed by atoms with Crippen LogP contribution in [0.1, 0.15) is 45.4 Å². The predicted molar refractivity (Wildman–Crippen MR) is 61.8 cm³/mol. The molecule has 1 unspecified atom stereocenters. The maximum Gasteiger partial charge on any atom is 0.313 e. The van der Waals surface area contributed by atoms with Gasteiger partial charge in [-0.05, 0) is 63.2 Å². The molecule has 4 bridgehead atoms. The normalized spacial score (nSPS) is 44.1. The lowest BCUT2D eigenvalue weighted by atomic mass is 9.49. The summed E-state index contributed by atoms with van der Waals surface area (Å²) in [6.45, 7) is 1.65. The molecule has 0 amide bonds. The van der Waals surface area contributed by atoms with E-state index >= 15 is 0 Å². The number of esters is 1. The van der Waals surface area contributed by atoms with Crippen LogP contribution in [0.25, 0.3) is 0 Å². The lowest BCUT2D eigenvalue weighted by Gasteiger charge is -2.55. The molecule has 0 aromatic carbocycles. The Balaban J connectivity index is 1.78. The fraction of sp³-hybridized carbons (Fsp3) is 0.857. The molecular weight excluding hydrogens is 214 g/mol. The second-order valence-electron chi connectivity index (χ2n) is 6.37. The minimum atomic E-state index is -0.601. The number of rotatable bonds is 2. The Labute approximate surface area is 102 Å². The number of hydrogen-bond acceptors (Lipinski definition) is 3. The molecule has 17 heavy (non-hydrogen) atoms. The minimum absolute atomic E-state index is 0.0920. The maximum absolute atomic E-state index is 12.3. The lowest BCUT2D eigenvalue weighted by Crippen LogP contribution is -2.51. The van der Waals surface area contributed by atoms with Crippen molar-refractivity contribution in [3.8, 4) is 6.07 Å². The number of carbonyl (C=O) groups is 1. The first-order valence-electron chi connectivity index (χ1n) is 6.72. The van der Waals surface area contributed by atoms with E-state index in [0.717, 1.165) is 37.0 Å². The fourth-order valence-corrected chi connectivity index (χ4v) is 4.67. The Hall–Kier alpha value is -1.04. The fourth-order valence-electron chi connectivity index (χ4n) is 4.67. The smallest absolute Gasteiger partial charge is 0.313 e. The van der Waals surface area contributed by atoms with Crippen LogP contribution >= 0.6 is 0 Å². The Morgan fingerprint density at radius 3 is 2.12 bits per heavy atom. The van der Waals surface area contributed by atoms with Gasteiger partial charge in [-0.15, -0.1) is 0 Å². The quantitative estimate of drug-likeness (QED) is 0.689. The molecule has 0 radical (unpaired) electrons. The van der Waals surface area contributed by atoms with Gasteiger partial charge in [-0.2, -0.15) is 5.26 Å². The summed E-state index contributed by atoms with van der Waals surface area (Å²) in [5.74, 6) is 2.13. The van der Waals surface area contributed by atoms with E-state index in [4.69, 9.17) is 10.00 Å². The van der Waals surface area contributed by atoms with Gasteiger partial charge < -0.3 is 4.74 Å². The van der Waals surface area contributed by atoms with Crippen LogP contribution in [0.2, 0.25) is 0 Å². The molecule has 0 aromatic heterocycles. The van der Waals surface area contributed by atoms with Crippen LogP contribution in [0, 0.1) is 34.5 Å². The first kappa shape index (κ1) is 11.1. The molecule has 0 aromatic rings. The summed E-state index contributed by atoms with van der Waals surface area (Å²) in [6, 6.07) is 1.98. The molecule has 4 fully saturated rings. The molecule has 3 nitrogen and oxygen atoms in total. The number of carbonyl (C=O) groups excluding carboxylic acids is 1. The monoisotopic (exact) mass is 233 g/mol. The van der Waals surface area contributed by atoms with Gasteiger partial charge in [0.05, 0.1) is 5.41 Å². The van der Waals surface area contributed by atoms with Crippen molar-refractivity contribution in [3.05, 3.63) is 0 Å². The van der Waals surface area contributed by atoms with Crippen molar-refractivity contribution < 1.29 is 9.53 Å². The van der Waals surface area contributed by atoms with Crippen molar-refractivity contribution in [2.24, 2.45) is 23.2 Å². The number of ether oxygens (including phenoxy) is 1. The van der Waals surface area contributed by atoms with Gasteiger partial charge in [-0.1, -0.05) is 0 Å².